The molecule has 0 bridgehead atoms. The van der Waals surface area contributed by atoms with Gasteiger partial charge in [0, 0.05) is 12.2 Å². The van der Waals surface area contributed by atoms with Crippen molar-refractivity contribution in [2.75, 3.05) is 16.8 Å². The molecule has 2 aliphatic heterocycles. The summed E-state index contributed by atoms with van der Waals surface area (Å²) in [5.74, 6) is -1.67. The highest BCUT2D eigenvalue weighted by atomic mass is 35.5. The highest BCUT2D eigenvalue weighted by Crippen LogP contribution is 2.41. The Kier molecular flexibility index (Phi) is 4.74. The predicted octanol–water partition coefficient (Wildman–Crippen LogP) is 3.84. The number of halogens is 2. The Hall–Kier alpha value is -3.00. The van der Waals surface area contributed by atoms with E-state index in [2.05, 4.69) is 10.3 Å². The van der Waals surface area contributed by atoms with Crippen LogP contribution in [0, 0.1) is 5.95 Å². The van der Waals surface area contributed by atoms with Crippen LogP contribution in [0.2, 0.25) is 5.02 Å². The number of hydrogen-bond acceptors (Lipinski definition) is 4. The van der Waals surface area contributed by atoms with Crippen LogP contribution in [-0.4, -0.2) is 39.8 Å². The van der Waals surface area contributed by atoms with Crippen LogP contribution >= 0.6 is 11.6 Å². The fraction of sp³-hybridized carbons (Fsp3) is 0.300. The number of rotatable bonds is 3. The summed E-state index contributed by atoms with van der Waals surface area (Å²) < 4.78 is 13.2. The number of imide groups is 1. The Balaban J connectivity index is 1.58. The monoisotopic (exact) mass is 416 g/mol. The van der Waals surface area contributed by atoms with Gasteiger partial charge in [-0.3, -0.25) is 9.59 Å². The van der Waals surface area contributed by atoms with E-state index >= 15 is 0 Å². The first-order valence-corrected chi connectivity index (χ1v) is 9.59. The number of pyridine rings is 1. The second-order valence-corrected chi connectivity index (χ2v) is 7.68. The summed E-state index contributed by atoms with van der Waals surface area (Å²) in [5, 5.41) is 2.71. The van der Waals surface area contributed by atoms with E-state index in [0.29, 0.717) is 18.7 Å². The zero-order chi connectivity index (χ0) is 20.8. The Morgan fingerprint density at radius 2 is 2.03 bits per heavy atom. The van der Waals surface area contributed by atoms with Crippen molar-refractivity contribution in [2.24, 2.45) is 0 Å². The second kappa shape index (κ2) is 7.11. The van der Waals surface area contributed by atoms with Crippen LogP contribution in [0.5, 0.6) is 0 Å². The predicted molar refractivity (Wildman–Crippen MR) is 105 cm³/mol. The molecule has 1 atom stereocenters. The zero-order valence-corrected chi connectivity index (χ0v) is 16.4. The minimum absolute atomic E-state index is 0.0834. The van der Waals surface area contributed by atoms with Gasteiger partial charge in [0.25, 0.3) is 11.8 Å². The molecule has 2 aliphatic rings. The van der Waals surface area contributed by atoms with E-state index in [0.717, 1.165) is 23.8 Å². The second-order valence-electron chi connectivity index (χ2n) is 7.27. The van der Waals surface area contributed by atoms with Gasteiger partial charge in [-0.15, -0.1) is 0 Å². The molecule has 150 valence electrons. The maximum absolute atomic E-state index is 13.2. The van der Waals surface area contributed by atoms with Gasteiger partial charge in [0.15, 0.2) is 0 Å². The van der Waals surface area contributed by atoms with Crippen molar-refractivity contribution < 1.29 is 18.8 Å². The molecule has 3 heterocycles. The molecular weight excluding hydrogens is 399 g/mol. The molecule has 0 saturated carbocycles. The summed E-state index contributed by atoms with van der Waals surface area (Å²) in [5.41, 5.74) is -0.342. The minimum Gasteiger partial charge on any atom is -0.321 e. The summed E-state index contributed by atoms with van der Waals surface area (Å²) in [6.07, 6.45) is 2.35. The van der Waals surface area contributed by atoms with Gasteiger partial charge in [-0.25, -0.2) is 14.7 Å². The first-order valence-electron chi connectivity index (χ1n) is 9.21. The summed E-state index contributed by atoms with van der Waals surface area (Å²) in [6, 6.07) is 7.99. The molecule has 9 heteroatoms. The molecule has 2 fully saturated rings. The number of aromatic nitrogens is 1. The van der Waals surface area contributed by atoms with Crippen molar-refractivity contribution >= 4 is 40.8 Å². The SMILES string of the molecule is CC12CCCCN1C(=O)N(c1ccc(NC(=O)c3cccc(F)n3)cc1Cl)C2=O. The lowest BCUT2D eigenvalue weighted by Crippen LogP contribution is -2.49. The van der Waals surface area contributed by atoms with Crippen molar-refractivity contribution in [1.82, 2.24) is 9.88 Å². The van der Waals surface area contributed by atoms with Crippen LogP contribution in [0.4, 0.5) is 20.6 Å². The average Bonchev–Trinajstić information content (AvgIpc) is 2.88. The third-order valence-corrected chi connectivity index (χ3v) is 5.67. The number of fused-ring (bicyclic) bond motifs is 1. The van der Waals surface area contributed by atoms with E-state index in [9.17, 15) is 18.8 Å². The standard InChI is InChI=1S/C20H18ClFN4O3/c1-20-9-2-3-10-25(20)19(29)26(18(20)28)15-8-7-12(11-13(15)21)23-17(27)14-5-4-6-16(22)24-14/h4-8,11H,2-3,9-10H2,1H3,(H,23,27). The number of carbonyl (C=O) groups excluding carboxylic acids is 3. The van der Waals surface area contributed by atoms with Gasteiger partial charge in [0.1, 0.15) is 11.2 Å². The van der Waals surface area contributed by atoms with Crippen LogP contribution in [0.1, 0.15) is 36.7 Å². The largest absolute Gasteiger partial charge is 0.332 e. The summed E-state index contributed by atoms with van der Waals surface area (Å²) in [7, 11) is 0. The van der Waals surface area contributed by atoms with Crippen LogP contribution in [0.15, 0.2) is 36.4 Å². The molecule has 1 N–H and O–H groups in total. The van der Waals surface area contributed by atoms with Gasteiger partial charge in [-0.2, -0.15) is 4.39 Å². The van der Waals surface area contributed by atoms with E-state index in [1.165, 1.54) is 30.3 Å². The molecule has 2 saturated heterocycles. The van der Waals surface area contributed by atoms with E-state index in [-0.39, 0.29) is 28.3 Å². The number of hydrogen-bond donors (Lipinski definition) is 1. The first-order chi connectivity index (χ1) is 13.8. The van der Waals surface area contributed by atoms with E-state index in [4.69, 9.17) is 11.6 Å². The summed E-state index contributed by atoms with van der Waals surface area (Å²) >= 11 is 6.35. The van der Waals surface area contributed by atoms with Crippen molar-refractivity contribution in [3.8, 4) is 0 Å². The Bertz CT molecular complexity index is 1030. The van der Waals surface area contributed by atoms with Gasteiger partial charge >= 0.3 is 6.03 Å². The summed E-state index contributed by atoms with van der Waals surface area (Å²) in [6.45, 7) is 2.31. The fourth-order valence-corrected chi connectivity index (χ4v) is 4.07. The number of piperidine rings is 1. The zero-order valence-electron chi connectivity index (χ0n) is 15.6. The number of benzene rings is 1. The van der Waals surface area contributed by atoms with Gasteiger partial charge in [-0.1, -0.05) is 17.7 Å². The van der Waals surface area contributed by atoms with Gasteiger partial charge in [0.2, 0.25) is 5.95 Å². The number of urea groups is 1. The van der Waals surface area contributed by atoms with Crippen LogP contribution in [0.3, 0.4) is 0 Å². The lowest BCUT2D eigenvalue weighted by atomic mass is 9.89. The maximum atomic E-state index is 13.2. The molecule has 2 aromatic rings. The van der Waals surface area contributed by atoms with Crippen LogP contribution in [0.25, 0.3) is 0 Å². The lowest BCUT2D eigenvalue weighted by Gasteiger charge is -2.35. The molecule has 0 aliphatic carbocycles. The first kappa shape index (κ1) is 19.3. The number of amides is 4. The highest BCUT2D eigenvalue weighted by molar-refractivity contribution is 6.36. The molecule has 0 spiro atoms. The highest BCUT2D eigenvalue weighted by Gasteiger charge is 2.55. The smallest absolute Gasteiger partial charge is 0.321 e. The van der Waals surface area contributed by atoms with E-state index in [1.54, 1.807) is 11.8 Å². The Morgan fingerprint density at radius 1 is 1.24 bits per heavy atom. The minimum atomic E-state index is -0.853. The number of nitrogens with one attached hydrogen (secondary N) is 1. The molecule has 1 aromatic carbocycles. The fourth-order valence-electron chi connectivity index (χ4n) is 3.81. The normalized spacial score (nSPS) is 21.3. The molecule has 1 unspecified atom stereocenters. The molecule has 29 heavy (non-hydrogen) atoms. The molecular formula is C20H18ClFN4O3. The van der Waals surface area contributed by atoms with Crippen LogP contribution in [-0.2, 0) is 4.79 Å². The van der Waals surface area contributed by atoms with Gasteiger partial charge in [0.05, 0.1) is 10.7 Å². The molecule has 4 amide bonds. The Labute approximate surface area is 171 Å². The van der Waals surface area contributed by atoms with E-state index < -0.39 is 17.4 Å². The van der Waals surface area contributed by atoms with Gasteiger partial charge in [-0.05, 0) is 56.5 Å². The molecule has 4 rings (SSSR count). The van der Waals surface area contributed by atoms with Crippen molar-refractivity contribution in [2.45, 2.75) is 31.7 Å². The number of nitrogens with zero attached hydrogens (tertiary/aromatic N) is 3. The van der Waals surface area contributed by atoms with E-state index in [1.807, 2.05) is 0 Å². The van der Waals surface area contributed by atoms with Crippen LogP contribution < -0.4 is 10.2 Å². The molecule has 1 aromatic heterocycles. The Morgan fingerprint density at radius 3 is 2.72 bits per heavy atom. The average molecular weight is 417 g/mol. The maximum Gasteiger partial charge on any atom is 0.332 e. The van der Waals surface area contributed by atoms with Crippen molar-refractivity contribution in [3.05, 3.63) is 53.1 Å². The number of anilines is 2. The van der Waals surface area contributed by atoms with Crippen molar-refractivity contribution in [1.29, 1.82) is 0 Å². The van der Waals surface area contributed by atoms with Gasteiger partial charge < -0.3 is 10.2 Å². The third kappa shape index (κ3) is 3.23. The third-order valence-electron chi connectivity index (χ3n) is 5.37. The quantitative estimate of drug-likeness (QED) is 0.608. The lowest BCUT2D eigenvalue weighted by molar-refractivity contribution is -0.125. The van der Waals surface area contributed by atoms with Crippen molar-refractivity contribution in [3.63, 3.8) is 0 Å². The number of carbonyl (C=O) groups is 3. The molecule has 0 radical (unpaired) electrons. The topological polar surface area (TPSA) is 82.6 Å². The summed E-state index contributed by atoms with van der Waals surface area (Å²) in [4.78, 5) is 44.3. The molecule has 7 nitrogen and oxygen atoms in total.